The average molecular weight is 296 g/mol. The lowest BCUT2D eigenvalue weighted by molar-refractivity contribution is -0.138. The number of rotatable bonds is 4. The van der Waals surface area contributed by atoms with Crippen LogP contribution in [0.5, 0.6) is 5.75 Å². The summed E-state index contributed by atoms with van der Waals surface area (Å²) < 4.78 is 5.33. The predicted molar refractivity (Wildman–Crippen MR) is 81.6 cm³/mol. The van der Waals surface area contributed by atoms with Crippen LogP contribution in [0.4, 0.5) is 0 Å². The van der Waals surface area contributed by atoms with Gasteiger partial charge < -0.3 is 9.84 Å². The Morgan fingerprint density at radius 3 is 2.55 bits per heavy atom. The van der Waals surface area contributed by atoms with Crippen LogP contribution in [0.2, 0.25) is 0 Å². The van der Waals surface area contributed by atoms with Crippen LogP contribution in [0.3, 0.4) is 0 Å². The molecule has 0 heterocycles. The second kappa shape index (κ2) is 5.64. The van der Waals surface area contributed by atoms with E-state index in [1.165, 1.54) is 7.11 Å². The second-order valence-corrected chi connectivity index (χ2v) is 5.38. The molecule has 1 aliphatic rings. The van der Waals surface area contributed by atoms with Crippen molar-refractivity contribution in [2.45, 2.75) is 18.8 Å². The fraction of sp³-hybridized carbons (Fsp3) is 0.222. The van der Waals surface area contributed by atoms with Gasteiger partial charge in [-0.25, -0.2) is 0 Å². The summed E-state index contributed by atoms with van der Waals surface area (Å²) in [7, 11) is 1.49. The van der Waals surface area contributed by atoms with E-state index in [2.05, 4.69) is 0 Å². The number of benzene rings is 2. The molecule has 0 saturated carbocycles. The summed E-state index contributed by atoms with van der Waals surface area (Å²) in [5, 5.41) is 9.27. The zero-order valence-corrected chi connectivity index (χ0v) is 12.2. The molecule has 0 bridgehead atoms. The molecule has 1 aliphatic carbocycles. The van der Waals surface area contributed by atoms with Gasteiger partial charge in [-0.3, -0.25) is 9.59 Å². The van der Waals surface area contributed by atoms with E-state index in [1.54, 1.807) is 24.3 Å². The van der Waals surface area contributed by atoms with Crippen LogP contribution >= 0.6 is 0 Å². The molecule has 0 amide bonds. The Labute approximate surface area is 128 Å². The number of carboxylic acids is 1. The molecule has 0 fully saturated rings. The molecule has 4 nitrogen and oxygen atoms in total. The number of fused-ring (bicyclic) bond motifs is 1. The van der Waals surface area contributed by atoms with Crippen molar-refractivity contribution in [3.8, 4) is 5.75 Å². The number of carbonyl (C=O) groups is 2. The Kier molecular flexibility index (Phi) is 3.67. The molecule has 4 heteroatoms. The van der Waals surface area contributed by atoms with Crippen molar-refractivity contribution in [2.24, 2.45) is 0 Å². The minimum Gasteiger partial charge on any atom is -0.496 e. The van der Waals surface area contributed by atoms with Crippen molar-refractivity contribution >= 4 is 11.8 Å². The molecule has 0 aromatic heterocycles. The minimum atomic E-state index is -0.831. The van der Waals surface area contributed by atoms with Crippen LogP contribution in [0.1, 0.15) is 39.4 Å². The Bertz CT molecular complexity index is 734. The molecule has 3 rings (SSSR count). The van der Waals surface area contributed by atoms with Crippen molar-refractivity contribution < 1.29 is 19.4 Å². The van der Waals surface area contributed by atoms with Crippen molar-refractivity contribution in [1.29, 1.82) is 0 Å². The van der Waals surface area contributed by atoms with Gasteiger partial charge in [0, 0.05) is 5.56 Å². The van der Waals surface area contributed by atoms with Gasteiger partial charge in [0.05, 0.1) is 18.6 Å². The number of aryl methyl sites for hydroxylation is 1. The summed E-state index contributed by atoms with van der Waals surface area (Å²) >= 11 is 0. The van der Waals surface area contributed by atoms with Crippen molar-refractivity contribution in [3.63, 3.8) is 0 Å². The maximum absolute atomic E-state index is 12.6. The number of hydrogen-bond donors (Lipinski definition) is 1. The highest BCUT2D eigenvalue weighted by molar-refractivity contribution is 6.11. The molecule has 112 valence electrons. The Morgan fingerprint density at radius 1 is 1.18 bits per heavy atom. The lowest BCUT2D eigenvalue weighted by Crippen LogP contribution is -2.09. The van der Waals surface area contributed by atoms with E-state index in [0.29, 0.717) is 29.7 Å². The molecule has 2 aromatic rings. The highest BCUT2D eigenvalue weighted by atomic mass is 16.5. The summed E-state index contributed by atoms with van der Waals surface area (Å²) in [5.41, 5.74) is 2.76. The molecular formula is C18H16O4. The second-order valence-electron chi connectivity index (χ2n) is 5.38. The zero-order chi connectivity index (χ0) is 15.7. The molecule has 0 saturated heterocycles. The molecular weight excluding hydrogens is 280 g/mol. The number of aliphatic carboxylic acids is 1. The van der Waals surface area contributed by atoms with Crippen LogP contribution in [0.25, 0.3) is 0 Å². The first kappa shape index (κ1) is 14.3. The van der Waals surface area contributed by atoms with Crippen LogP contribution in [-0.2, 0) is 11.2 Å². The summed E-state index contributed by atoms with van der Waals surface area (Å²) in [6, 6.07) is 12.5. The largest absolute Gasteiger partial charge is 0.496 e. The van der Waals surface area contributed by atoms with Gasteiger partial charge in [-0.1, -0.05) is 30.3 Å². The Morgan fingerprint density at radius 2 is 1.91 bits per heavy atom. The van der Waals surface area contributed by atoms with Gasteiger partial charge in [-0.15, -0.1) is 0 Å². The van der Waals surface area contributed by atoms with E-state index in [0.717, 1.165) is 11.1 Å². The average Bonchev–Trinajstić information content (AvgIpc) is 2.96. The quantitative estimate of drug-likeness (QED) is 0.881. The predicted octanol–water partition coefficient (Wildman–Crippen LogP) is 3.04. The summed E-state index contributed by atoms with van der Waals surface area (Å²) in [6.07, 6.45) is 1.24. The van der Waals surface area contributed by atoms with Crippen LogP contribution in [0, 0.1) is 0 Å². The summed E-state index contributed by atoms with van der Waals surface area (Å²) in [5.74, 6) is -1.02. The maximum Gasteiger partial charge on any atom is 0.310 e. The molecule has 2 aromatic carbocycles. The molecule has 22 heavy (non-hydrogen) atoms. The molecule has 0 aliphatic heterocycles. The SMILES string of the molecule is COc1cc2c(cc1C(=O)c1ccccc1)CCC2C(=O)O. The van der Waals surface area contributed by atoms with Crippen LogP contribution in [0.15, 0.2) is 42.5 Å². The third-order valence-electron chi connectivity index (χ3n) is 4.12. The standard InChI is InChI=1S/C18H16O4/c1-22-16-10-14-12(7-8-13(14)18(20)21)9-15(16)17(19)11-5-3-2-4-6-11/h2-6,9-10,13H,7-8H2,1H3,(H,20,21). The Balaban J connectivity index is 2.07. The van der Waals surface area contributed by atoms with Crippen LogP contribution in [-0.4, -0.2) is 24.0 Å². The first-order valence-corrected chi connectivity index (χ1v) is 7.15. The van der Waals surface area contributed by atoms with E-state index >= 15 is 0 Å². The smallest absolute Gasteiger partial charge is 0.310 e. The van der Waals surface area contributed by atoms with E-state index in [9.17, 15) is 14.7 Å². The number of carboxylic acid groups (broad SMARTS) is 1. The first-order valence-electron chi connectivity index (χ1n) is 7.15. The summed E-state index contributed by atoms with van der Waals surface area (Å²) in [4.78, 5) is 23.9. The lowest BCUT2D eigenvalue weighted by Gasteiger charge is -2.12. The topological polar surface area (TPSA) is 63.6 Å². The van der Waals surface area contributed by atoms with Gasteiger partial charge in [0.25, 0.3) is 0 Å². The highest BCUT2D eigenvalue weighted by Gasteiger charge is 2.30. The lowest BCUT2D eigenvalue weighted by atomic mass is 9.95. The fourth-order valence-electron chi connectivity index (χ4n) is 2.98. The van der Waals surface area contributed by atoms with E-state index in [4.69, 9.17) is 4.74 Å². The van der Waals surface area contributed by atoms with Gasteiger partial charge in [-0.05, 0) is 36.1 Å². The van der Waals surface area contributed by atoms with Crippen LogP contribution < -0.4 is 4.74 Å². The Hall–Kier alpha value is -2.62. The van der Waals surface area contributed by atoms with Gasteiger partial charge in [0.2, 0.25) is 0 Å². The molecule has 1 N–H and O–H groups in total. The first-order chi connectivity index (χ1) is 10.6. The van der Waals surface area contributed by atoms with Gasteiger partial charge in [-0.2, -0.15) is 0 Å². The number of hydrogen-bond acceptors (Lipinski definition) is 3. The third kappa shape index (κ3) is 2.37. The van der Waals surface area contributed by atoms with Crippen molar-refractivity contribution in [1.82, 2.24) is 0 Å². The molecule has 1 atom stereocenters. The van der Waals surface area contributed by atoms with E-state index in [-0.39, 0.29) is 5.78 Å². The van der Waals surface area contributed by atoms with Crippen molar-refractivity contribution in [3.05, 3.63) is 64.7 Å². The van der Waals surface area contributed by atoms with E-state index < -0.39 is 11.9 Å². The molecule has 0 spiro atoms. The van der Waals surface area contributed by atoms with Gasteiger partial charge in [0.15, 0.2) is 5.78 Å². The maximum atomic E-state index is 12.6. The normalized spacial score (nSPS) is 16.1. The molecule has 1 unspecified atom stereocenters. The molecule has 0 radical (unpaired) electrons. The summed E-state index contributed by atoms with van der Waals surface area (Å²) in [6.45, 7) is 0. The monoisotopic (exact) mass is 296 g/mol. The fourth-order valence-corrected chi connectivity index (χ4v) is 2.98. The van der Waals surface area contributed by atoms with Gasteiger partial charge >= 0.3 is 5.97 Å². The van der Waals surface area contributed by atoms with E-state index in [1.807, 2.05) is 18.2 Å². The number of ketones is 1. The number of ether oxygens (including phenoxy) is 1. The third-order valence-corrected chi connectivity index (χ3v) is 4.12. The zero-order valence-electron chi connectivity index (χ0n) is 12.2. The van der Waals surface area contributed by atoms with Gasteiger partial charge in [0.1, 0.15) is 5.75 Å². The van der Waals surface area contributed by atoms with Crippen molar-refractivity contribution in [2.75, 3.05) is 7.11 Å². The number of carbonyl (C=O) groups excluding carboxylic acids is 1. The minimum absolute atomic E-state index is 0.112. The highest BCUT2D eigenvalue weighted by Crippen LogP contribution is 2.38. The number of methoxy groups -OCH3 is 1.